The second kappa shape index (κ2) is 5.46. The number of hydrogen-bond donors (Lipinski definition) is 2. The maximum Gasteiger partial charge on any atom is 0.228 e. The summed E-state index contributed by atoms with van der Waals surface area (Å²) in [6.07, 6.45) is 3.59. The summed E-state index contributed by atoms with van der Waals surface area (Å²) in [6.45, 7) is 2.14. The van der Waals surface area contributed by atoms with Crippen molar-refractivity contribution in [2.75, 3.05) is 11.9 Å². The van der Waals surface area contributed by atoms with Crippen molar-refractivity contribution in [1.82, 2.24) is 9.78 Å². The lowest BCUT2D eigenvalue weighted by Crippen LogP contribution is -2.26. The minimum atomic E-state index is -0.184. The molecular formula is C13H16N4O. The van der Waals surface area contributed by atoms with Gasteiger partial charge in [0.15, 0.2) is 0 Å². The molecule has 1 atom stereocenters. The molecule has 0 aliphatic carbocycles. The summed E-state index contributed by atoms with van der Waals surface area (Å²) in [5.74, 6) is -0.250. The van der Waals surface area contributed by atoms with Gasteiger partial charge in [0, 0.05) is 30.5 Å². The van der Waals surface area contributed by atoms with E-state index in [1.807, 2.05) is 36.5 Å². The van der Waals surface area contributed by atoms with Crippen LogP contribution in [0.4, 0.5) is 5.69 Å². The zero-order valence-corrected chi connectivity index (χ0v) is 10.2. The van der Waals surface area contributed by atoms with Gasteiger partial charge in [0.2, 0.25) is 5.91 Å². The molecule has 18 heavy (non-hydrogen) atoms. The second-order valence-corrected chi connectivity index (χ2v) is 4.12. The lowest BCUT2D eigenvalue weighted by Gasteiger charge is -2.10. The van der Waals surface area contributed by atoms with Gasteiger partial charge in [0.25, 0.3) is 0 Å². The maximum absolute atomic E-state index is 11.6. The predicted octanol–water partition coefficient (Wildman–Crippen LogP) is 1.41. The minimum absolute atomic E-state index is 0.0654. The molecule has 0 aliphatic heterocycles. The molecule has 94 valence electrons. The average Bonchev–Trinajstić information content (AvgIpc) is 2.92. The number of rotatable bonds is 4. The van der Waals surface area contributed by atoms with E-state index in [0.29, 0.717) is 6.54 Å². The van der Waals surface area contributed by atoms with E-state index in [2.05, 4.69) is 10.4 Å². The smallest absolute Gasteiger partial charge is 0.228 e. The number of nitrogens with one attached hydrogen (secondary N) is 1. The lowest BCUT2D eigenvalue weighted by atomic mass is 10.1. The third kappa shape index (κ3) is 2.75. The van der Waals surface area contributed by atoms with Crippen LogP contribution < -0.4 is 11.1 Å². The number of anilines is 1. The molecule has 1 amide bonds. The molecular weight excluding hydrogens is 228 g/mol. The van der Waals surface area contributed by atoms with Crippen molar-refractivity contribution in [2.45, 2.75) is 6.92 Å². The van der Waals surface area contributed by atoms with Crippen molar-refractivity contribution in [3.05, 3.63) is 42.7 Å². The normalized spacial score (nSPS) is 12.1. The van der Waals surface area contributed by atoms with Gasteiger partial charge in [-0.25, -0.2) is 4.68 Å². The summed E-state index contributed by atoms with van der Waals surface area (Å²) >= 11 is 0. The molecule has 5 nitrogen and oxygen atoms in total. The summed E-state index contributed by atoms with van der Waals surface area (Å²) in [5.41, 5.74) is 7.15. The highest BCUT2D eigenvalue weighted by atomic mass is 16.1. The number of amides is 1. The molecule has 2 aromatic rings. The fourth-order valence-electron chi connectivity index (χ4n) is 1.49. The molecule has 0 bridgehead atoms. The summed E-state index contributed by atoms with van der Waals surface area (Å²) in [7, 11) is 0. The van der Waals surface area contributed by atoms with Crippen molar-refractivity contribution >= 4 is 11.6 Å². The highest BCUT2D eigenvalue weighted by Crippen LogP contribution is 2.13. The van der Waals surface area contributed by atoms with Crippen LogP contribution in [0, 0.1) is 5.92 Å². The van der Waals surface area contributed by atoms with E-state index in [0.717, 1.165) is 11.4 Å². The molecule has 1 heterocycles. The predicted molar refractivity (Wildman–Crippen MR) is 70.4 cm³/mol. The van der Waals surface area contributed by atoms with Crippen LogP contribution in [-0.2, 0) is 4.79 Å². The van der Waals surface area contributed by atoms with Gasteiger partial charge in [-0.3, -0.25) is 4.79 Å². The Kier molecular flexibility index (Phi) is 3.74. The molecule has 0 fully saturated rings. The topological polar surface area (TPSA) is 72.9 Å². The Morgan fingerprint density at radius 1 is 1.44 bits per heavy atom. The van der Waals surface area contributed by atoms with Crippen molar-refractivity contribution in [3.8, 4) is 5.69 Å². The van der Waals surface area contributed by atoms with Crippen molar-refractivity contribution in [1.29, 1.82) is 0 Å². The Labute approximate surface area is 106 Å². The molecule has 0 spiro atoms. The summed E-state index contributed by atoms with van der Waals surface area (Å²) < 4.78 is 1.76. The first kappa shape index (κ1) is 12.3. The zero-order valence-electron chi connectivity index (χ0n) is 10.2. The van der Waals surface area contributed by atoms with Gasteiger partial charge in [-0.15, -0.1) is 0 Å². The average molecular weight is 244 g/mol. The second-order valence-electron chi connectivity index (χ2n) is 4.12. The summed E-state index contributed by atoms with van der Waals surface area (Å²) in [5, 5.41) is 6.95. The third-order valence-electron chi connectivity index (χ3n) is 2.70. The number of benzene rings is 1. The monoisotopic (exact) mass is 244 g/mol. The molecule has 5 heteroatoms. The van der Waals surface area contributed by atoms with Crippen molar-refractivity contribution < 1.29 is 4.79 Å². The molecule has 2 rings (SSSR count). The van der Waals surface area contributed by atoms with Crippen LogP contribution in [0.5, 0.6) is 0 Å². The van der Waals surface area contributed by atoms with Crippen LogP contribution in [0.1, 0.15) is 6.92 Å². The van der Waals surface area contributed by atoms with Crippen LogP contribution in [0.25, 0.3) is 5.69 Å². The molecule has 1 unspecified atom stereocenters. The van der Waals surface area contributed by atoms with E-state index >= 15 is 0 Å². The molecule has 1 aromatic heterocycles. The molecule has 1 aromatic carbocycles. The first-order valence-corrected chi connectivity index (χ1v) is 5.81. The van der Waals surface area contributed by atoms with Gasteiger partial charge in [-0.2, -0.15) is 5.10 Å². The number of carbonyl (C=O) groups excluding carboxylic acids is 1. The van der Waals surface area contributed by atoms with Crippen LogP contribution in [-0.4, -0.2) is 22.2 Å². The first-order valence-electron chi connectivity index (χ1n) is 5.81. The Hall–Kier alpha value is -2.14. The number of hydrogen-bond acceptors (Lipinski definition) is 3. The number of aromatic nitrogens is 2. The fourth-order valence-corrected chi connectivity index (χ4v) is 1.49. The van der Waals surface area contributed by atoms with Gasteiger partial charge in [0.05, 0.1) is 5.69 Å². The van der Waals surface area contributed by atoms with E-state index in [1.54, 1.807) is 17.8 Å². The van der Waals surface area contributed by atoms with Gasteiger partial charge in [0.1, 0.15) is 0 Å². The Bertz CT molecular complexity index is 504. The molecule has 0 saturated heterocycles. The fraction of sp³-hybridized carbons (Fsp3) is 0.231. The first-order chi connectivity index (χ1) is 8.70. The highest BCUT2D eigenvalue weighted by molar-refractivity contribution is 5.92. The zero-order chi connectivity index (χ0) is 13.0. The van der Waals surface area contributed by atoms with Gasteiger partial charge < -0.3 is 11.1 Å². The SMILES string of the molecule is CC(CN)C(=O)Nc1ccc(-n2cccn2)cc1. The van der Waals surface area contributed by atoms with Gasteiger partial charge in [-0.1, -0.05) is 6.92 Å². The van der Waals surface area contributed by atoms with Gasteiger partial charge >= 0.3 is 0 Å². The minimum Gasteiger partial charge on any atom is -0.330 e. The van der Waals surface area contributed by atoms with Crippen molar-refractivity contribution in [2.24, 2.45) is 11.7 Å². The van der Waals surface area contributed by atoms with Crippen LogP contribution >= 0.6 is 0 Å². The highest BCUT2D eigenvalue weighted by Gasteiger charge is 2.10. The summed E-state index contributed by atoms with van der Waals surface area (Å²) in [6, 6.07) is 9.35. The van der Waals surface area contributed by atoms with E-state index < -0.39 is 0 Å². The van der Waals surface area contributed by atoms with E-state index in [1.165, 1.54) is 0 Å². The largest absolute Gasteiger partial charge is 0.330 e. The molecule has 0 saturated carbocycles. The van der Waals surface area contributed by atoms with E-state index in [9.17, 15) is 4.79 Å². The molecule has 0 radical (unpaired) electrons. The van der Waals surface area contributed by atoms with Crippen molar-refractivity contribution in [3.63, 3.8) is 0 Å². The maximum atomic E-state index is 11.6. The standard InChI is InChI=1S/C13H16N4O/c1-10(9-14)13(18)16-11-3-5-12(6-4-11)17-8-2-7-15-17/h2-8,10H,9,14H2,1H3,(H,16,18). The number of nitrogens with zero attached hydrogens (tertiary/aromatic N) is 2. The van der Waals surface area contributed by atoms with Gasteiger partial charge in [-0.05, 0) is 30.3 Å². The third-order valence-corrected chi connectivity index (χ3v) is 2.70. The molecule has 3 N–H and O–H groups in total. The Morgan fingerprint density at radius 3 is 2.72 bits per heavy atom. The number of nitrogens with two attached hydrogens (primary N) is 1. The summed E-state index contributed by atoms with van der Waals surface area (Å²) in [4.78, 5) is 11.6. The number of carbonyl (C=O) groups is 1. The lowest BCUT2D eigenvalue weighted by molar-refractivity contribution is -0.119. The van der Waals surface area contributed by atoms with Crippen LogP contribution in [0.15, 0.2) is 42.7 Å². The van der Waals surface area contributed by atoms with Crippen LogP contribution in [0.3, 0.4) is 0 Å². The van der Waals surface area contributed by atoms with E-state index in [4.69, 9.17) is 5.73 Å². The quantitative estimate of drug-likeness (QED) is 0.854. The molecule has 0 aliphatic rings. The van der Waals surface area contributed by atoms with Crippen LogP contribution in [0.2, 0.25) is 0 Å². The Morgan fingerprint density at radius 2 is 2.17 bits per heavy atom. The van der Waals surface area contributed by atoms with E-state index in [-0.39, 0.29) is 11.8 Å². The Balaban J connectivity index is 2.06.